The van der Waals surface area contributed by atoms with Gasteiger partial charge in [-0.2, -0.15) is 0 Å². The lowest BCUT2D eigenvalue weighted by molar-refractivity contribution is -0.145. The van der Waals surface area contributed by atoms with Gasteiger partial charge >= 0.3 is 11.9 Å². The predicted molar refractivity (Wildman–Crippen MR) is 144 cm³/mol. The maximum atomic E-state index is 10.9. The maximum absolute atomic E-state index is 10.9. The molecule has 0 aromatic heterocycles. The summed E-state index contributed by atoms with van der Waals surface area (Å²) in [6.45, 7) is 4.11. The smallest absolute Gasteiger partial charge is 0.334 e. The standard InChI is InChI=1S/C10H24O8S2.C8H18N2O2.CH5N.CH4/c1-3-19(13,14)17-8-6-5-7-9(10(11)12)18-20(15,16)4-2;1-9-6-4-3-5-7(10-2)8(11)12;1-2;/h9,13-16H,3-8H2,1-2H3,(H,11,12);7,9-10H,3-6H2,1-2H3,(H,11,12);2H2,1H3;1H4. The summed E-state index contributed by atoms with van der Waals surface area (Å²) in [6, 6.07) is -0.387. The Kier molecular flexibility index (Phi) is 29.5. The van der Waals surface area contributed by atoms with Crippen LogP contribution in [-0.4, -0.2) is 98.3 Å². The van der Waals surface area contributed by atoms with E-state index in [1.54, 1.807) is 14.0 Å². The summed E-state index contributed by atoms with van der Waals surface area (Å²) in [7, 11) is -1.24. The van der Waals surface area contributed by atoms with E-state index in [2.05, 4.69) is 16.4 Å². The van der Waals surface area contributed by atoms with Gasteiger partial charge in [0.2, 0.25) is 0 Å². The molecule has 0 amide bonds. The van der Waals surface area contributed by atoms with Crippen molar-refractivity contribution < 1.29 is 46.4 Å². The Balaban J connectivity index is -0.000000275. The Labute approximate surface area is 214 Å². The molecule has 218 valence electrons. The summed E-state index contributed by atoms with van der Waals surface area (Å²) in [5, 5.41) is 23.3. The Morgan fingerprint density at radius 3 is 1.77 bits per heavy atom. The van der Waals surface area contributed by atoms with Gasteiger partial charge in [0.05, 0.1) is 28.3 Å². The van der Waals surface area contributed by atoms with Crippen LogP contribution in [0.15, 0.2) is 0 Å². The first-order valence-corrected chi connectivity index (χ1v) is 14.3. The summed E-state index contributed by atoms with van der Waals surface area (Å²) in [5.74, 6) is -2.00. The van der Waals surface area contributed by atoms with Crippen molar-refractivity contribution in [2.75, 3.05) is 45.8 Å². The minimum atomic E-state index is -3.32. The molecule has 0 radical (unpaired) electrons. The van der Waals surface area contributed by atoms with Gasteiger partial charge in [-0.25, -0.2) is 4.79 Å². The molecule has 0 saturated carbocycles. The zero-order valence-corrected chi connectivity index (χ0v) is 22.6. The van der Waals surface area contributed by atoms with Crippen molar-refractivity contribution in [2.24, 2.45) is 5.73 Å². The Morgan fingerprint density at radius 2 is 1.37 bits per heavy atom. The highest BCUT2D eigenvalue weighted by molar-refractivity contribution is 8.20. The highest BCUT2D eigenvalue weighted by Crippen LogP contribution is 2.41. The largest absolute Gasteiger partial charge is 0.480 e. The number of carboxylic acids is 2. The topological polar surface area (TPSA) is 224 Å². The molecule has 0 aliphatic heterocycles. The van der Waals surface area contributed by atoms with Gasteiger partial charge in [-0.1, -0.05) is 27.7 Å². The highest BCUT2D eigenvalue weighted by atomic mass is 32.3. The number of carbonyl (C=O) groups is 2. The molecular weight excluding hydrogens is 506 g/mol. The van der Waals surface area contributed by atoms with Crippen molar-refractivity contribution in [1.82, 2.24) is 10.6 Å². The number of aliphatic carboxylic acids is 2. The molecular formula is C20H51N3O10S2. The van der Waals surface area contributed by atoms with E-state index in [1.807, 2.05) is 7.05 Å². The van der Waals surface area contributed by atoms with Crippen molar-refractivity contribution in [2.45, 2.75) is 71.9 Å². The van der Waals surface area contributed by atoms with Crippen LogP contribution in [0.1, 0.15) is 59.8 Å². The van der Waals surface area contributed by atoms with Gasteiger partial charge < -0.3 is 44.8 Å². The average Bonchev–Trinajstić information content (AvgIpc) is 2.79. The lowest BCUT2D eigenvalue weighted by atomic mass is 10.1. The van der Waals surface area contributed by atoms with Gasteiger partial charge in [0.25, 0.3) is 0 Å². The Morgan fingerprint density at radius 1 is 0.857 bits per heavy atom. The average molecular weight is 558 g/mol. The lowest BCUT2D eigenvalue weighted by Gasteiger charge is -2.28. The number of nitrogens with two attached hydrogens (primary N) is 1. The summed E-state index contributed by atoms with van der Waals surface area (Å²) in [4.78, 5) is 21.4. The minimum Gasteiger partial charge on any atom is -0.480 e. The SMILES string of the molecule is C.CCS(O)(O)OCCCCC(OS(O)(O)CC)C(=O)O.CN.CNCCCCC(NC)C(=O)O. The third-order valence-corrected chi connectivity index (χ3v) is 6.84. The molecule has 0 saturated heterocycles. The van der Waals surface area contributed by atoms with Gasteiger partial charge in [-0.15, -0.1) is 0 Å². The fourth-order valence-corrected chi connectivity index (χ4v) is 3.45. The normalized spacial score (nSPS) is 13.7. The van der Waals surface area contributed by atoms with E-state index in [9.17, 15) is 27.8 Å². The molecule has 10 N–H and O–H groups in total. The monoisotopic (exact) mass is 557 g/mol. The van der Waals surface area contributed by atoms with Crippen LogP contribution in [0.2, 0.25) is 0 Å². The molecule has 0 aliphatic rings. The molecule has 0 aliphatic carbocycles. The van der Waals surface area contributed by atoms with E-state index in [1.165, 1.54) is 14.0 Å². The van der Waals surface area contributed by atoms with Gasteiger partial charge in [0.1, 0.15) is 6.04 Å². The number of unbranched alkanes of at least 4 members (excludes halogenated alkanes) is 2. The van der Waals surface area contributed by atoms with Crippen LogP contribution >= 0.6 is 21.7 Å². The first-order chi connectivity index (χ1) is 15.9. The van der Waals surface area contributed by atoms with Crippen molar-refractivity contribution in [3.63, 3.8) is 0 Å². The zero-order valence-electron chi connectivity index (χ0n) is 20.9. The Bertz CT molecular complexity index is 518. The number of hydrogen-bond donors (Lipinski definition) is 9. The van der Waals surface area contributed by atoms with Crippen molar-refractivity contribution in [1.29, 1.82) is 0 Å². The molecule has 13 nitrogen and oxygen atoms in total. The number of carboxylic acid groups (broad SMARTS) is 2. The summed E-state index contributed by atoms with van der Waals surface area (Å²) in [6.07, 6.45) is 2.25. The van der Waals surface area contributed by atoms with Crippen LogP contribution in [0.25, 0.3) is 0 Å². The molecule has 0 heterocycles. The third-order valence-electron chi connectivity index (χ3n) is 4.25. The van der Waals surface area contributed by atoms with Crippen molar-refractivity contribution >= 4 is 33.7 Å². The second kappa shape index (κ2) is 25.0. The summed E-state index contributed by atoms with van der Waals surface area (Å²) in [5.41, 5.74) is 4.50. The molecule has 0 bridgehead atoms. The molecule has 2 unspecified atom stereocenters. The van der Waals surface area contributed by atoms with Gasteiger partial charge in [0, 0.05) is 11.5 Å². The second-order valence-electron chi connectivity index (χ2n) is 6.81. The van der Waals surface area contributed by atoms with E-state index >= 15 is 0 Å². The van der Waals surface area contributed by atoms with E-state index in [0.29, 0.717) is 19.3 Å². The molecule has 35 heavy (non-hydrogen) atoms. The van der Waals surface area contributed by atoms with E-state index in [4.69, 9.17) is 18.6 Å². The van der Waals surface area contributed by atoms with Crippen LogP contribution in [0.4, 0.5) is 0 Å². The zero-order chi connectivity index (χ0) is 27.2. The molecule has 15 heteroatoms. The van der Waals surface area contributed by atoms with Gasteiger partial charge in [-0.05, 0) is 59.8 Å². The van der Waals surface area contributed by atoms with Gasteiger partial charge in [0.15, 0.2) is 6.10 Å². The minimum absolute atomic E-state index is 0. The fourth-order valence-electron chi connectivity index (χ4n) is 2.22. The molecule has 0 aromatic carbocycles. The van der Waals surface area contributed by atoms with Crippen LogP contribution in [0.3, 0.4) is 0 Å². The molecule has 2 atom stereocenters. The number of likely N-dealkylation sites (N-methyl/N-ethyl adjacent to an activating group) is 1. The second-order valence-corrected chi connectivity index (χ2v) is 10.8. The van der Waals surface area contributed by atoms with E-state index < -0.39 is 39.8 Å². The van der Waals surface area contributed by atoms with Gasteiger partial charge in [-0.3, -0.25) is 13.2 Å². The first kappa shape index (κ1) is 41.4. The third kappa shape index (κ3) is 26.2. The number of nitrogens with one attached hydrogen (secondary N) is 2. The number of rotatable bonds is 18. The summed E-state index contributed by atoms with van der Waals surface area (Å²) >= 11 is 0. The first-order valence-electron chi connectivity index (χ1n) is 11.0. The molecule has 0 rings (SSSR count). The van der Waals surface area contributed by atoms with Crippen LogP contribution in [0.5, 0.6) is 0 Å². The Hall–Kier alpha value is -0.720. The highest BCUT2D eigenvalue weighted by Gasteiger charge is 2.27. The quantitative estimate of drug-likeness (QED) is 0.110. The molecule has 0 aromatic rings. The maximum Gasteiger partial charge on any atom is 0.334 e. The van der Waals surface area contributed by atoms with Crippen LogP contribution < -0.4 is 16.4 Å². The van der Waals surface area contributed by atoms with E-state index in [-0.39, 0.29) is 38.0 Å². The molecule has 0 fully saturated rings. The number of hydrogen-bond acceptors (Lipinski definition) is 11. The lowest BCUT2D eigenvalue weighted by Crippen LogP contribution is -2.33. The van der Waals surface area contributed by atoms with Crippen molar-refractivity contribution in [3.8, 4) is 0 Å². The van der Waals surface area contributed by atoms with E-state index in [0.717, 1.165) is 19.4 Å². The predicted octanol–water partition coefficient (Wildman–Crippen LogP) is 3.27. The van der Waals surface area contributed by atoms with Crippen molar-refractivity contribution in [3.05, 3.63) is 0 Å². The molecule has 0 spiro atoms. The summed E-state index contributed by atoms with van der Waals surface area (Å²) < 4.78 is 46.8. The van der Waals surface area contributed by atoms with Crippen LogP contribution in [0, 0.1) is 0 Å². The fraction of sp³-hybridized carbons (Fsp3) is 0.900. The van der Waals surface area contributed by atoms with Crippen LogP contribution in [-0.2, 0) is 18.0 Å².